The number of imidazole rings is 2. The first-order chi connectivity index (χ1) is 11.4. The fourth-order valence-corrected chi connectivity index (χ4v) is 2.79. The van der Waals surface area contributed by atoms with Crippen LogP contribution >= 0.6 is 0 Å². The molecule has 2 aromatic carbocycles. The van der Waals surface area contributed by atoms with Gasteiger partial charge >= 0.3 is 0 Å². The van der Waals surface area contributed by atoms with E-state index in [1.54, 1.807) is 0 Å². The molecular weight excluding hydrogens is 286 g/mol. The number of hydrogen-bond donors (Lipinski definition) is 3. The number of benzene rings is 2. The number of rotatable bonds is 6. The molecule has 0 saturated carbocycles. The molecule has 0 aliphatic carbocycles. The van der Waals surface area contributed by atoms with Gasteiger partial charge in [-0.15, -0.1) is 0 Å². The molecule has 0 amide bonds. The molecule has 0 fully saturated rings. The Labute approximate surface area is 134 Å². The van der Waals surface area contributed by atoms with Crippen molar-refractivity contribution < 1.29 is 0 Å². The first-order valence-electron chi connectivity index (χ1n) is 7.96. The van der Waals surface area contributed by atoms with Crippen molar-refractivity contribution in [2.45, 2.75) is 12.8 Å². The molecule has 5 heteroatoms. The zero-order chi connectivity index (χ0) is 15.5. The van der Waals surface area contributed by atoms with Gasteiger partial charge in [0.05, 0.1) is 22.1 Å². The lowest BCUT2D eigenvalue weighted by Gasteiger charge is -2.01. The molecule has 0 atom stereocenters. The normalized spacial score (nSPS) is 11.5. The molecule has 0 bridgehead atoms. The van der Waals surface area contributed by atoms with Gasteiger partial charge in [-0.1, -0.05) is 24.3 Å². The molecular formula is C18H19N5. The Kier molecular flexibility index (Phi) is 3.78. The number of hydrogen-bond acceptors (Lipinski definition) is 3. The number of aromatic nitrogens is 4. The molecule has 4 rings (SSSR count). The summed E-state index contributed by atoms with van der Waals surface area (Å²) in [6.45, 7) is 1.81. The Hall–Kier alpha value is -2.66. The summed E-state index contributed by atoms with van der Waals surface area (Å²) < 4.78 is 0. The van der Waals surface area contributed by atoms with Crippen LogP contribution in [-0.2, 0) is 12.8 Å². The number of fused-ring (bicyclic) bond motifs is 2. The van der Waals surface area contributed by atoms with Gasteiger partial charge in [0, 0.05) is 25.9 Å². The second-order valence-corrected chi connectivity index (χ2v) is 5.65. The number of aromatic amines is 2. The van der Waals surface area contributed by atoms with Crippen LogP contribution in [0, 0.1) is 0 Å². The number of nitrogens with zero attached hydrogens (tertiary/aromatic N) is 2. The zero-order valence-electron chi connectivity index (χ0n) is 12.8. The Morgan fingerprint density at radius 2 is 1.17 bits per heavy atom. The van der Waals surface area contributed by atoms with E-state index in [1.807, 2.05) is 36.4 Å². The summed E-state index contributed by atoms with van der Waals surface area (Å²) in [6.07, 6.45) is 1.80. The standard InChI is InChI=1S/C18H19N5/c1-2-6-14-13(5-1)20-17(21-14)9-11-19-12-10-18-22-15-7-3-4-8-16(15)23-18/h1-8,19H,9-12H2,(H,20,21)(H,22,23). The van der Waals surface area contributed by atoms with Crippen molar-refractivity contribution in [3.05, 3.63) is 60.2 Å². The summed E-state index contributed by atoms with van der Waals surface area (Å²) in [5, 5.41) is 3.45. The first-order valence-corrected chi connectivity index (χ1v) is 7.96. The molecule has 0 radical (unpaired) electrons. The van der Waals surface area contributed by atoms with Gasteiger partial charge in [0.25, 0.3) is 0 Å². The maximum atomic E-state index is 4.58. The largest absolute Gasteiger partial charge is 0.342 e. The van der Waals surface area contributed by atoms with Gasteiger partial charge in [-0.25, -0.2) is 9.97 Å². The lowest BCUT2D eigenvalue weighted by Crippen LogP contribution is -2.20. The molecule has 116 valence electrons. The van der Waals surface area contributed by atoms with E-state index in [-0.39, 0.29) is 0 Å². The van der Waals surface area contributed by atoms with Crippen LogP contribution in [0.4, 0.5) is 0 Å². The van der Waals surface area contributed by atoms with Crippen LogP contribution < -0.4 is 5.32 Å². The van der Waals surface area contributed by atoms with Gasteiger partial charge in [-0.05, 0) is 24.3 Å². The Bertz CT molecular complexity index is 779. The van der Waals surface area contributed by atoms with Gasteiger partial charge in [0.2, 0.25) is 0 Å². The van der Waals surface area contributed by atoms with E-state index in [1.165, 1.54) is 0 Å². The van der Waals surface area contributed by atoms with Crippen LogP contribution in [-0.4, -0.2) is 33.0 Å². The highest BCUT2D eigenvalue weighted by Gasteiger charge is 2.03. The van der Waals surface area contributed by atoms with Crippen LogP contribution in [0.2, 0.25) is 0 Å². The molecule has 0 aliphatic heterocycles. The van der Waals surface area contributed by atoms with Crippen LogP contribution in [0.3, 0.4) is 0 Å². The number of H-pyrrole nitrogens is 2. The fourth-order valence-electron chi connectivity index (χ4n) is 2.79. The quantitative estimate of drug-likeness (QED) is 0.480. The van der Waals surface area contributed by atoms with Crippen molar-refractivity contribution in [2.24, 2.45) is 0 Å². The Morgan fingerprint density at radius 3 is 1.65 bits per heavy atom. The third-order valence-electron chi connectivity index (χ3n) is 3.95. The van der Waals surface area contributed by atoms with Crippen LogP contribution in [0.25, 0.3) is 22.1 Å². The smallest absolute Gasteiger partial charge is 0.108 e. The first kappa shape index (κ1) is 14.0. The predicted molar refractivity (Wildman–Crippen MR) is 92.5 cm³/mol. The highest BCUT2D eigenvalue weighted by molar-refractivity contribution is 5.75. The van der Waals surface area contributed by atoms with Crippen LogP contribution in [0.1, 0.15) is 11.6 Å². The van der Waals surface area contributed by atoms with E-state index in [0.29, 0.717) is 0 Å². The van der Waals surface area contributed by atoms with E-state index >= 15 is 0 Å². The minimum absolute atomic E-state index is 0.898. The van der Waals surface area contributed by atoms with E-state index in [2.05, 4.69) is 37.4 Å². The molecule has 23 heavy (non-hydrogen) atoms. The van der Waals surface area contributed by atoms with Gasteiger partial charge < -0.3 is 15.3 Å². The topological polar surface area (TPSA) is 69.4 Å². The monoisotopic (exact) mass is 305 g/mol. The van der Waals surface area contributed by atoms with Crippen molar-refractivity contribution in [1.29, 1.82) is 0 Å². The third-order valence-corrected chi connectivity index (χ3v) is 3.95. The fraction of sp³-hybridized carbons (Fsp3) is 0.222. The third kappa shape index (κ3) is 3.10. The molecule has 2 heterocycles. The van der Waals surface area contributed by atoms with Crippen molar-refractivity contribution in [3.63, 3.8) is 0 Å². The van der Waals surface area contributed by atoms with Crippen molar-refractivity contribution in [1.82, 2.24) is 25.3 Å². The molecule has 0 unspecified atom stereocenters. The molecule has 5 nitrogen and oxygen atoms in total. The number of para-hydroxylation sites is 4. The molecule has 2 aromatic heterocycles. The predicted octanol–water partition coefficient (Wildman–Crippen LogP) is 2.81. The second kappa shape index (κ2) is 6.22. The van der Waals surface area contributed by atoms with Crippen molar-refractivity contribution in [3.8, 4) is 0 Å². The van der Waals surface area contributed by atoms with E-state index in [4.69, 9.17) is 0 Å². The molecule has 0 aliphatic rings. The summed E-state index contributed by atoms with van der Waals surface area (Å²) >= 11 is 0. The molecule has 4 aromatic rings. The lowest BCUT2D eigenvalue weighted by molar-refractivity contribution is 0.661. The highest BCUT2D eigenvalue weighted by Crippen LogP contribution is 2.11. The summed E-state index contributed by atoms with van der Waals surface area (Å²) in [5.74, 6) is 2.06. The minimum atomic E-state index is 0.898. The second-order valence-electron chi connectivity index (χ2n) is 5.65. The average molecular weight is 305 g/mol. The van der Waals surface area contributed by atoms with E-state index in [9.17, 15) is 0 Å². The van der Waals surface area contributed by atoms with Crippen LogP contribution in [0.15, 0.2) is 48.5 Å². The molecule has 3 N–H and O–H groups in total. The van der Waals surface area contributed by atoms with Crippen molar-refractivity contribution >= 4 is 22.1 Å². The van der Waals surface area contributed by atoms with Gasteiger partial charge in [-0.2, -0.15) is 0 Å². The molecule has 0 spiro atoms. The maximum absolute atomic E-state index is 4.58. The summed E-state index contributed by atoms with van der Waals surface area (Å²) in [5.41, 5.74) is 4.27. The Morgan fingerprint density at radius 1 is 0.696 bits per heavy atom. The zero-order valence-corrected chi connectivity index (χ0v) is 12.8. The SMILES string of the molecule is c1ccc2[nH]c(CCNCCc3nc4ccccc4[nH]3)nc2c1. The van der Waals surface area contributed by atoms with Gasteiger partial charge in [0.1, 0.15) is 11.6 Å². The summed E-state index contributed by atoms with van der Waals surface area (Å²) in [4.78, 5) is 15.9. The van der Waals surface area contributed by atoms with E-state index in [0.717, 1.165) is 59.6 Å². The highest BCUT2D eigenvalue weighted by atomic mass is 15.0. The summed E-state index contributed by atoms with van der Waals surface area (Å²) in [6, 6.07) is 16.2. The van der Waals surface area contributed by atoms with Crippen molar-refractivity contribution in [2.75, 3.05) is 13.1 Å². The Balaban J connectivity index is 1.27. The molecule has 0 saturated heterocycles. The van der Waals surface area contributed by atoms with Crippen LogP contribution in [0.5, 0.6) is 0 Å². The van der Waals surface area contributed by atoms with E-state index < -0.39 is 0 Å². The lowest BCUT2D eigenvalue weighted by atomic mass is 10.3. The average Bonchev–Trinajstić information content (AvgIpc) is 3.17. The van der Waals surface area contributed by atoms with Gasteiger partial charge in [-0.3, -0.25) is 0 Å². The summed E-state index contributed by atoms with van der Waals surface area (Å²) in [7, 11) is 0. The van der Waals surface area contributed by atoms with Gasteiger partial charge in [0.15, 0.2) is 0 Å². The minimum Gasteiger partial charge on any atom is -0.342 e. The maximum Gasteiger partial charge on any atom is 0.108 e. The number of nitrogens with one attached hydrogen (secondary N) is 3.